The van der Waals surface area contributed by atoms with E-state index in [1.807, 2.05) is 6.07 Å². The molecule has 0 saturated carbocycles. The van der Waals surface area contributed by atoms with Crippen LogP contribution in [0.2, 0.25) is 18.6 Å². The molecule has 0 unspecified atom stereocenters. The van der Waals surface area contributed by atoms with Crippen molar-refractivity contribution in [2.45, 2.75) is 78.1 Å². The van der Waals surface area contributed by atoms with Crippen LogP contribution in [0, 0.1) is 5.41 Å². The number of hydrogen-bond acceptors (Lipinski definition) is 3. The van der Waals surface area contributed by atoms with Gasteiger partial charge in [0, 0.05) is 6.42 Å². The summed E-state index contributed by atoms with van der Waals surface area (Å²) in [6.45, 7) is 13.3. The Morgan fingerprint density at radius 1 is 1.26 bits per heavy atom. The number of benzene rings is 1. The largest absolute Gasteiger partial charge is 0.447 e. The number of rotatable bonds is 7. The van der Waals surface area contributed by atoms with E-state index >= 15 is 0 Å². The SMILES string of the molecule is CCCC[C@H](CC(=O)N1C(=O)OC[C@@H]1C(C)(C)C)[Si](C)(C)c1ccccc1. The molecule has 0 radical (unpaired) electrons. The molecule has 2 amide bonds. The molecule has 5 heteroatoms. The van der Waals surface area contributed by atoms with Crippen molar-refractivity contribution >= 4 is 25.3 Å². The van der Waals surface area contributed by atoms with E-state index in [1.54, 1.807) is 0 Å². The Kier molecular flexibility index (Phi) is 6.90. The third-order valence-corrected chi connectivity index (χ3v) is 10.4. The molecule has 0 N–H and O–H groups in total. The highest BCUT2D eigenvalue weighted by molar-refractivity contribution is 6.91. The first-order chi connectivity index (χ1) is 12.6. The second-order valence-electron chi connectivity index (χ2n) is 9.35. The van der Waals surface area contributed by atoms with Crippen molar-refractivity contribution in [3.05, 3.63) is 30.3 Å². The normalized spacial score (nSPS) is 19.1. The van der Waals surface area contributed by atoms with Crippen LogP contribution in [0.4, 0.5) is 4.79 Å². The minimum Gasteiger partial charge on any atom is -0.447 e. The van der Waals surface area contributed by atoms with Crippen molar-refractivity contribution in [2.75, 3.05) is 6.61 Å². The zero-order valence-electron chi connectivity index (χ0n) is 17.7. The molecule has 0 aromatic heterocycles. The molecule has 1 aliphatic rings. The van der Waals surface area contributed by atoms with E-state index in [9.17, 15) is 9.59 Å². The molecule has 0 bridgehead atoms. The molecule has 1 aromatic carbocycles. The molecule has 4 nitrogen and oxygen atoms in total. The molecule has 150 valence electrons. The van der Waals surface area contributed by atoms with Gasteiger partial charge in [-0.25, -0.2) is 9.69 Å². The van der Waals surface area contributed by atoms with Crippen molar-refractivity contribution in [3.63, 3.8) is 0 Å². The number of carbonyl (C=O) groups is 2. The van der Waals surface area contributed by atoms with Gasteiger partial charge in [0.25, 0.3) is 0 Å². The average Bonchev–Trinajstić information content (AvgIpc) is 3.01. The molecule has 1 aliphatic heterocycles. The van der Waals surface area contributed by atoms with Crippen LogP contribution in [0.15, 0.2) is 30.3 Å². The smallest absolute Gasteiger partial charge is 0.416 e. The monoisotopic (exact) mass is 389 g/mol. The first-order valence-corrected chi connectivity index (χ1v) is 13.2. The number of nitrogens with zero attached hydrogens (tertiary/aromatic N) is 1. The molecule has 0 spiro atoms. The minimum absolute atomic E-state index is 0.0740. The van der Waals surface area contributed by atoms with Gasteiger partial charge in [-0.15, -0.1) is 0 Å². The molecule has 1 fully saturated rings. The summed E-state index contributed by atoms with van der Waals surface area (Å²) in [7, 11) is -1.85. The summed E-state index contributed by atoms with van der Waals surface area (Å²) in [5.74, 6) is -0.0740. The van der Waals surface area contributed by atoms with Gasteiger partial charge in [-0.2, -0.15) is 0 Å². The zero-order valence-corrected chi connectivity index (χ0v) is 18.7. The molecule has 1 heterocycles. The van der Waals surface area contributed by atoms with Gasteiger partial charge in [0.1, 0.15) is 6.61 Å². The van der Waals surface area contributed by atoms with E-state index < -0.39 is 14.2 Å². The van der Waals surface area contributed by atoms with Crippen molar-refractivity contribution in [1.29, 1.82) is 0 Å². The second kappa shape index (κ2) is 8.59. The lowest BCUT2D eigenvalue weighted by Gasteiger charge is -2.36. The molecular formula is C22H35NO3Si. The Labute approximate surface area is 165 Å². The molecule has 27 heavy (non-hydrogen) atoms. The number of unbranched alkanes of at least 4 members (excludes halogenated alkanes) is 1. The number of ether oxygens (including phenoxy) is 1. The maximum absolute atomic E-state index is 13.2. The highest BCUT2D eigenvalue weighted by Crippen LogP contribution is 2.35. The van der Waals surface area contributed by atoms with Gasteiger partial charge >= 0.3 is 6.09 Å². The molecule has 0 aliphatic carbocycles. The summed E-state index contributed by atoms with van der Waals surface area (Å²) in [4.78, 5) is 26.9. The van der Waals surface area contributed by atoms with Crippen molar-refractivity contribution < 1.29 is 14.3 Å². The molecule has 1 aromatic rings. The zero-order chi connectivity index (χ0) is 20.2. The summed E-state index contributed by atoms with van der Waals surface area (Å²) in [5.41, 5.74) is 0.119. The van der Waals surface area contributed by atoms with E-state index in [2.05, 4.69) is 65.1 Å². The second-order valence-corrected chi connectivity index (χ2v) is 14.2. The van der Waals surface area contributed by atoms with Crippen LogP contribution in [0.5, 0.6) is 0 Å². The highest BCUT2D eigenvalue weighted by atomic mass is 28.3. The van der Waals surface area contributed by atoms with Crippen LogP contribution < -0.4 is 5.19 Å². The van der Waals surface area contributed by atoms with Crippen molar-refractivity contribution in [2.24, 2.45) is 5.41 Å². The Bertz CT molecular complexity index is 651. The number of hydrogen-bond donors (Lipinski definition) is 0. The standard InChI is InChI=1S/C22H35NO3Si/c1-7-8-12-18(27(5,6)17-13-10-9-11-14-17)15-20(24)23-19(22(2,3)4)16-26-21(23)25/h9-11,13-14,18-19H,7-8,12,15-16H2,1-6H3/t18-,19-/m1/s1. The Morgan fingerprint density at radius 2 is 1.89 bits per heavy atom. The predicted molar refractivity (Wildman–Crippen MR) is 113 cm³/mol. The predicted octanol–water partition coefficient (Wildman–Crippen LogP) is 4.95. The highest BCUT2D eigenvalue weighted by Gasteiger charge is 2.45. The van der Waals surface area contributed by atoms with Crippen molar-refractivity contribution in [1.82, 2.24) is 4.90 Å². The summed E-state index contributed by atoms with van der Waals surface area (Å²) in [6, 6.07) is 10.4. The van der Waals surface area contributed by atoms with Crippen LogP contribution in [-0.4, -0.2) is 37.6 Å². The number of amides is 2. The number of imide groups is 1. The number of cyclic esters (lactones) is 1. The van der Waals surface area contributed by atoms with Gasteiger partial charge in [0.2, 0.25) is 5.91 Å². The van der Waals surface area contributed by atoms with Crippen molar-refractivity contribution in [3.8, 4) is 0 Å². The topological polar surface area (TPSA) is 46.6 Å². The lowest BCUT2D eigenvalue weighted by atomic mass is 9.86. The fraction of sp³-hybridized carbons (Fsp3) is 0.636. The van der Waals surface area contributed by atoms with E-state index in [0.717, 1.165) is 19.3 Å². The van der Waals surface area contributed by atoms with E-state index in [1.165, 1.54) is 10.1 Å². The molecule has 2 rings (SSSR count). The molecular weight excluding hydrogens is 354 g/mol. The molecule has 1 saturated heterocycles. The van der Waals surface area contributed by atoms with E-state index in [0.29, 0.717) is 18.6 Å². The summed E-state index contributed by atoms with van der Waals surface area (Å²) < 4.78 is 5.24. The fourth-order valence-electron chi connectivity index (χ4n) is 3.92. The third kappa shape index (κ3) is 5.01. The minimum atomic E-state index is -1.85. The van der Waals surface area contributed by atoms with Crippen LogP contribution >= 0.6 is 0 Å². The van der Waals surface area contributed by atoms with E-state index in [4.69, 9.17) is 4.74 Å². The Morgan fingerprint density at radius 3 is 2.44 bits per heavy atom. The quantitative estimate of drug-likeness (QED) is 0.620. The lowest BCUT2D eigenvalue weighted by molar-refractivity contribution is -0.130. The number of carbonyl (C=O) groups excluding carboxylic acids is 2. The summed E-state index contributed by atoms with van der Waals surface area (Å²) in [6.07, 6.45) is 3.19. The fourth-order valence-corrected chi connectivity index (χ4v) is 7.05. The third-order valence-electron chi connectivity index (χ3n) is 6.01. The summed E-state index contributed by atoms with van der Waals surface area (Å²) in [5, 5.41) is 1.37. The van der Waals surface area contributed by atoms with Crippen LogP contribution in [-0.2, 0) is 9.53 Å². The Hall–Kier alpha value is -1.62. The Balaban J connectivity index is 2.25. The van der Waals surface area contributed by atoms with Crippen LogP contribution in [0.25, 0.3) is 0 Å². The maximum atomic E-state index is 13.2. The first-order valence-electron chi connectivity index (χ1n) is 10.1. The first kappa shape index (κ1) is 21.7. The van der Waals surface area contributed by atoms with Crippen LogP contribution in [0.3, 0.4) is 0 Å². The van der Waals surface area contributed by atoms with Gasteiger partial charge < -0.3 is 4.74 Å². The van der Waals surface area contributed by atoms with Crippen LogP contribution in [0.1, 0.15) is 53.4 Å². The van der Waals surface area contributed by atoms with Gasteiger partial charge in [-0.1, -0.05) is 95.6 Å². The van der Waals surface area contributed by atoms with Gasteiger partial charge in [0.15, 0.2) is 0 Å². The van der Waals surface area contributed by atoms with Gasteiger partial charge in [0.05, 0.1) is 14.1 Å². The van der Waals surface area contributed by atoms with Gasteiger partial charge in [-0.05, 0) is 11.0 Å². The average molecular weight is 390 g/mol. The molecule has 2 atom stereocenters. The van der Waals surface area contributed by atoms with E-state index in [-0.39, 0.29) is 17.4 Å². The summed E-state index contributed by atoms with van der Waals surface area (Å²) >= 11 is 0. The lowest BCUT2D eigenvalue weighted by Crippen LogP contribution is -2.50. The van der Waals surface area contributed by atoms with Gasteiger partial charge in [-0.3, -0.25) is 4.79 Å². The maximum Gasteiger partial charge on any atom is 0.416 e.